The minimum absolute atomic E-state index is 0.0470. The first kappa shape index (κ1) is 32.0. The standard InChI is InChI=1S/C29H33Cl2N3O6S/c1-5-15-32-29(36)20(2)33(18-21-11-12-22(30)16-25(21)31)28(35)19-34(23-9-7-6-8-10-23)41(37,38)24-13-14-26(39-3)27(17-24)40-4/h6-14,16-17,20H,5,15,18-19H2,1-4H3,(H,32,36)/t20-/m0/s1. The zero-order valence-corrected chi connectivity index (χ0v) is 25.6. The number of nitrogens with zero attached hydrogens (tertiary/aromatic N) is 2. The molecule has 0 aromatic heterocycles. The molecule has 0 saturated heterocycles. The number of nitrogens with one attached hydrogen (secondary N) is 1. The molecule has 0 spiro atoms. The predicted molar refractivity (Wildman–Crippen MR) is 160 cm³/mol. The molecule has 0 aliphatic rings. The van der Waals surface area contributed by atoms with Crippen LogP contribution in [0.25, 0.3) is 0 Å². The third-order valence-electron chi connectivity index (χ3n) is 6.34. The fraction of sp³-hybridized carbons (Fsp3) is 0.310. The van der Waals surface area contributed by atoms with Crippen LogP contribution in [0.3, 0.4) is 0 Å². The number of anilines is 1. The van der Waals surface area contributed by atoms with Crippen LogP contribution in [0.4, 0.5) is 5.69 Å². The number of benzene rings is 3. The maximum atomic E-state index is 14.0. The van der Waals surface area contributed by atoms with Crippen LogP contribution in [0.1, 0.15) is 25.8 Å². The zero-order chi connectivity index (χ0) is 30.2. The SMILES string of the molecule is CCCNC(=O)[C@H](C)N(Cc1ccc(Cl)cc1Cl)C(=O)CN(c1ccccc1)S(=O)(=O)c1ccc(OC)c(OC)c1. The van der Waals surface area contributed by atoms with Crippen LogP contribution < -0.4 is 19.1 Å². The lowest BCUT2D eigenvalue weighted by Gasteiger charge is -2.32. The van der Waals surface area contributed by atoms with Gasteiger partial charge in [0, 0.05) is 29.2 Å². The van der Waals surface area contributed by atoms with E-state index in [1.807, 2.05) is 6.92 Å². The molecule has 1 atom stereocenters. The molecule has 0 aliphatic heterocycles. The van der Waals surface area contributed by atoms with E-state index in [1.54, 1.807) is 55.5 Å². The molecule has 0 radical (unpaired) electrons. The van der Waals surface area contributed by atoms with Gasteiger partial charge < -0.3 is 19.7 Å². The van der Waals surface area contributed by atoms with Crippen LogP contribution in [0.2, 0.25) is 10.0 Å². The Labute approximate surface area is 251 Å². The van der Waals surface area contributed by atoms with Crippen LogP contribution in [0, 0.1) is 0 Å². The molecule has 0 unspecified atom stereocenters. The molecule has 0 heterocycles. The van der Waals surface area contributed by atoms with Crippen LogP contribution in [0.5, 0.6) is 11.5 Å². The van der Waals surface area contributed by atoms with Crippen molar-refractivity contribution >= 4 is 50.7 Å². The van der Waals surface area contributed by atoms with Crippen LogP contribution >= 0.6 is 23.2 Å². The molecule has 12 heteroatoms. The minimum atomic E-state index is -4.28. The van der Waals surface area contributed by atoms with E-state index in [-0.39, 0.29) is 28.8 Å². The highest BCUT2D eigenvalue weighted by Crippen LogP contribution is 2.32. The fourth-order valence-corrected chi connectivity index (χ4v) is 5.94. The normalized spacial score (nSPS) is 11.9. The van der Waals surface area contributed by atoms with Crippen molar-refractivity contribution in [2.45, 2.75) is 37.8 Å². The largest absolute Gasteiger partial charge is 0.493 e. The van der Waals surface area contributed by atoms with E-state index >= 15 is 0 Å². The van der Waals surface area contributed by atoms with E-state index in [4.69, 9.17) is 32.7 Å². The Kier molecular flexibility index (Phi) is 11.3. The molecule has 220 valence electrons. The van der Waals surface area contributed by atoms with E-state index in [1.165, 1.54) is 37.3 Å². The van der Waals surface area contributed by atoms with Gasteiger partial charge in [-0.3, -0.25) is 13.9 Å². The lowest BCUT2D eigenvalue weighted by molar-refractivity contribution is -0.139. The maximum absolute atomic E-state index is 14.0. The van der Waals surface area contributed by atoms with Gasteiger partial charge in [-0.25, -0.2) is 8.42 Å². The molecule has 3 aromatic carbocycles. The van der Waals surface area contributed by atoms with E-state index in [0.717, 1.165) is 4.31 Å². The van der Waals surface area contributed by atoms with E-state index in [0.29, 0.717) is 34.3 Å². The van der Waals surface area contributed by atoms with Gasteiger partial charge in [-0.15, -0.1) is 0 Å². The van der Waals surface area contributed by atoms with Crippen molar-refractivity contribution in [2.75, 3.05) is 31.6 Å². The number of sulfonamides is 1. The van der Waals surface area contributed by atoms with Crippen molar-refractivity contribution in [3.8, 4) is 11.5 Å². The zero-order valence-electron chi connectivity index (χ0n) is 23.3. The van der Waals surface area contributed by atoms with Gasteiger partial charge in [0.2, 0.25) is 11.8 Å². The molecular weight excluding hydrogens is 589 g/mol. The Morgan fingerprint density at radius 3 is 2.24 bits per heavy atom. The molecule has 0 saturated carbocycles. The van der Waals surface area contributed by atoms with E-state index in [9.17, 15) is 18.0 Å². The fourth-order valence-electron chi connectivity index (χ4n) is 4.04. The van der Waals surface area contributed by atoms with Gasteiger partial charge in [-0.05, 0) is 55.3 Å². The van der Waals surface area contributed by atoms with Gasteiger partial charge in [-0.1, -0.05) is 54.4 Å². The van der Waals surface area contributed by atoms with Crippen molar-refractivity contribution in [2.24, 2.45) is 0 Å². The predicted octanol–water partition coefficient (Wildman–Crippen LogP) is 5.15. The average molecular weight is 623 g/mol. The Morgan fingerprint density at radius 1 is 0.951 bits per heavy atom. The Balaban J connectivity index is 2.05. The van der Waals surface area contributed by atoms with Gasteiger partial charge in [0.15, 0.2) is 11.5 Å². The molecule has 9 nitrogen and oxygen atoms in total. The Bertz CT molecular complexity index is 1470. The quantitative estimate of drug-likeness (QED) is 0.283. The van der Waals surface area contributed by atoms with Crippen molar-refractivity contribution in [1.82, 2.24) is 10.2 Å². The summed E-state index contributed by atoms with van der Waals surface area (Å²) in [6.07, 6.45) is 0.709. The highest BCUT2D eigenvalue weighted by molar-refractivity contribution is 7.92. The number of methoxy groups -OCH3 is 2. The second-order valence-electron chi connectivity index (χ2n) is 9.09. The lowest BCUT2D eigenvalue weighted by atomic mass is 10.1. The minimum Gasteiger partial charge on any atom is -0.493 e. The summed E-state index contributed by atoms with van der Waals surface area (Å²) < 4.78 is 39.5. The second kappa shape index (κ2) is 14.4. The smallest absolute Gasteiger partial charge is 0.264 e. The number of rotatable bonds is 13. The van der Waals surface area contributed by atoms with Crippen molar-refractivity contribution in [3.63, 3.8) is 0 Å². The van der Waals surface area contributed by atoms with E-state index in [2.05, 4.69) is 5.32 Å². The van der Waals surface area contributed by atoms with Crippen molar-refractivity contribution < 1.29 is 27.5 Å². The summed E-state index contributed by atoms with van der Waals surface area (Å²) in [6, 6.07) is 16.3. The first-order chi connectivity index (χ1) is 19.5. The molecule has 3 aromatic rings. The first-order valence-electron chi connectivity index (χ1n) is 12.8. The molecule has 3 rings (SSSR count). The van der Waals surface area contributed by atoms with Gasteiger partial charge >= 0.3 is 0 Å². The summed E-state index contributed by atoms with van der Waals surface area (Å²) in [5, 5.41) is 3.53. The highest BCUT2D eigenvalue weighted by atomic mass is 35.5. The summed E-state index contributed by atoms with van der Waals surface area (Å²) in [4.78, 5) is 28.1. The van der Waals surface area contributed by atoms with Gasteiger partial charge in [0.05, 0.1) is 24.8 Å². The number of hydrogen-bond acceptors (Lipinski definition) is 6. The summed E-state index contributed by atoms with van der Waals surface area (Å²) in [5.74, 6) is -0.415. The third-order valence-corrected chi connectivity index (χ3v) is 8.70. The van der Waals surface area contributed by atoms with Crippen LogP contribution in [-0.4, -0.2) is 58.5 Å². The number of halogens is 2. The maximum Gasteiger partial charge on any atom is 0.264 e. The second-order valence-corrected chi connectivity index (χ2v) is 11.8. The topological polar surface area (TPSA) is 105 Å². The van der Waals surface area contributed by atoms with Gasteiger partial charge in [-0.2, -0.15) is 0 Å². The number of hydrogen-bond donors (Lipinski definition) is 1. The monoisotopic (exact) mass is 621 g/mol. The van der Waals surface area contributed by atoms with Crippen molar-refractivity contribution in [1.29, 1.82) is 0 Å². The number of carbonyl (C=O) groups excluding carboxylic acids is 2. The molecule has 1 N–H and O–H groups in total. The van der Waals surface area contributed by atoms with Gasteiger partial charge in [0.1, 0.15) is 12.6 Å². The van der Waals surface area contributed by atoms with Gasteiger partial charge in [0.25, 0.3) is 10.0 Å². The van der Waals surface area contributed by atoms with E-state index < -0.39 is 28.5 Å². The van der Waals surface area contributed by atoms with Crippen LogP contribution in [-0.2, 0) is 26.2 Å². The Morgan fingerprint density at radius 2 is 1.63 bits per heavy atom. The highest BCUT2D eigenvalue weighted by Gasteiger charge is 2.33. The van der Waals surface area contributed by atoms with Crippen molar-refractivity contribution in [3.05, 3.63) is 82.3 Å². The molecule has 0 fully saturated rings. The third kappa shape index (κ3) is 7.84. The first-order valence-corrected chi connectivity index (χ1v) is 15.0. The Hall–Kier alpha value is -3.47. The summed E-state index contributed by atoms with van der Waals surface area (Å²) >= 11 is 12.5. The molecule has 2 amide bonds. The summed E-state index contributed by atoms with van der Waals surface area (Å²) in [5.41, 5.74) is 0.816. The summed E-state index contributed by atoms with van der Waals surface area (Å²) in [6.45, 7) is 3.29. The molecule has 0 aliphatic carbocycles. The average Bonchev–Trinajstić information content (AvgIpc) is 2.97. The number of carbonyl (C=O) groups is 2. The lowest BCUT2D eigenvalue weighted by Crippen LogP contribution is -2.51. The van der Waals surface area contributed by atoms with Crippen LogP contribution in [0.15, 0.2) is 71.6 Å². The molecule has 41 heavy (non-hydrogen) atoms. The molecule has 0 bridgehead atoms. The molecular formula is C29H33Cl2N3O6S. The number of amides is 2. The summed E-state index contributed by atoms with van der Waals surface area (Å²) in [7, 11) is -1.44. The number of ether oxygens (including phenoxy) is 2. The number of para-hydroxylation sites is 1.